The van der Waals surface area contributed by atoms with Gasteiger partial charge in [-0.25, -0.2) is 9.78 Å². The highest BCUT2D eigenvalue weighted by molar-refractivity contribution is 7.13. The fourth-order valence-corrected chi connectivity index (χ4v) is 1.60. The number of nitrogens with one attached hydrogen (secondary N) is 1. The molecule has 1 aromatic rings. The van der Waals surface area contributed by atoms with E-state index in [4.69, 9.17) is 11.2 Å². The zero-order valence-electron chi connectivity index (χ0n) is 8.45. The third-order valence-electron chi connectivity index (χ3n) is 1.53. The van der Waals surface area contributed by atoms with E-state index in [-0.39, 0.29) is 0 Å². The molecule has 1 rings (SSSR count). The molecule has 0 amide bonds. The lowest BCUT2D eigenvalue weighted by Crippen LogP contribution is -2.06. The average Bonchev–Trinajstić information content (AvgIpc) is 2.67. The number of thiazole rings is 1. The summed E-state index contributed by atoms with van der Waals surface area (Å²) in [6.45, 7) is 2.78. The number of aromatic nitrogens is 1. The van der Waals surface area contributed by atoms with Crippen LogP contribution in [-0.2, 0) is 4.74 Å². The van der Waals surface area contributed by atoms with Gasteiger partial charge in [0.2, 0.25) is 0 Å². The van der Waals surface area contributed by atoms with Gasteiger partial charge in [-0.3, -0.25) is 0 Å². The quantitative estimate of drug-likeness (QED) is 0.470. The highest BCUT2D eigenvalue weighted by atomic mass is 32.1. The Bertz CT molecular complexity index is 368. The largest absolute Gasteiger partial charge is 0.461 e. The maximum atomic E-state index is 11.2. The van der Waals surface area contributed by atoms with Gasteiger partial charge in [0.25, 0.3) is 0 Å². The Kier molecular flexibility index (Phi) is 4.64. The predicted molar refractivity (Wildman–Crippen MR) is 60.0 cm³/mol. The van der Waals surface area contributed by atoms with Crippen LogP contribution in [0.1, 0.15) is 23.8 Å². The van der Waals surface area contributed by atoms with E-state index in [1.165, 1.54) is 11.3 Å². The van der Waals surface area contributed by atoms with Crippen molar-refractivity contribution in [2.24, 2.45) is 0 Å². The Morgan fingerprint density at radius 3 is 3.27 bits per heavy atom. The summed E-state index contributed by atoms with van der Waals surface area (Å²) in [7, 11) is 0. The lowest BCUT2D eigenvalue weighted by atomic mass is 10.4. The number of rotatable bonds is 5. The molecule has 1 aromatic heterocycles. The number of esters is 1. The van der Waals surface area contributed by atoms with Gasteiger partial charge >= 0.3 is 5.97 Å². The minimum absolute atomic E-state index is 0.338. The van der Waals surface area contributed by atoms with E-state index in [0.29, 0.717) is 30.4 Å². The van der Waals surface area contributed by atoms with Crippen LogP contribution in [0.15, 0.2) is 5.38 Å². The molecule has 0 bridgehead atoms. The van der Waals surface area contributed by atoms with Gasteiger partial charge < -0.3 is 10.1 Å². The Morgan fingerprint density at radius 1 is 1.80 bits per heavy atom. The van der Waals surface area contributed by atoms with E-state index in [1.807, 2.05) is 0 Å². The summed E-state index contributed by atoms with van der Waals surface area (Å²) >= 11 is 1.36. The first-order valence-electron chi connectivity index (χ1n) is 4.58. The molecule has 0 aliphatic rings. The summed E-state index contributed by atoms with van der Waals surface area (Å²) in [4.78, 5) is 15.3. The number of carbonyl (C=O) groups excluding carboxylic acids is 1. The van der Waals surface area contributed by atoms with E-state index in [2.05, 4.69) is 16.2 Å². The molecule has 0 fully saturated rings. The van der Waals surface area contributed by atoms with Gasteiger partial charge in [-0.05, 0) is 6.92 Å². The van der Waals surface area contributed by atoms with Gasteiger partial charge in [0.15, 0.2) is 10.8 Å². The van der Waals surface area contributed by atoms with Crippen LogP contribution < -0.4 is 5.32 Å². The maximum absolute atomic E-state index is 11.2. The number of nitrogens with zero attached hydrogens (tertiary/aromatic N) is 1. The molecule has 0 radical (unpaired) electrons. The summed E-state index contributed by atoms with van der Waals surface area (Å²) in [5.41, 5.74) is 0.338. The standard InChI is InChI=1S/C10H12N2O2S/c1-3-5-6-11-10-12-8(7-15-10)9(13)14-4-2/h1,7H,4-6H2,2H3,(H,11,12). The molecule has 0 aromatic carbocycles. The summed E-state index contributed by atoms with van der Waals surface area (Å²) < 4.78 is 4.81. The number of ether oxygens (including phenoxy) is 1. The minimum atomic E-state index is -0.390. The van der Waals surface area contributed by atoms with Crippen molar-refractivity contribution >= 4 is 22.4 Å². The summed E-state index contributed by atoms with van der Waals surface area (Å²) in [6.07, 6.45) is 5.74. The molecule has 0 aliphatic carbocycles. The molecule has 0 unspecified atom stereocenters. The molecule has 0 atom stereocenters. The number of anilines is 1. The van der Waals surface area contributed by atoms with Gasteiger partial charge in [0.05, 0.1) is 6.61 Å². The van der Waals surface area contributed by atoms with Crippen molar-refractivity contribution in [3.8, 4) is 12.3 Å². The van der Waals surface area contributed by atoms with Crippen LogP contribution in [0.2, 0.25) is 0 Å². The summed E-state index contributed by atoms with van der Waals surface area (Å²) in [5, 5.41) is 5.37. The molecule has 5 heteroatoms. The highest BCUT2D eigenvalue weighted by Crippen LogP contribution is 2.15. The first kappa shape index (κ1) is 11.5. The number of hydrogen-bond donors (Lipinski definition) is 1. The lowest BCUT2D eigenvalue weighted by Gasteiger charge is -1.98. The molecular weight excluding hydrogens is 212 g/mol. The molecule has 1 N–H and O–H groups in total. The Balaban J connectivity index is 2.49. The molecular formula is C10H12N2O2S. The van der Waals surface area contributed by atoms with Crippen molar-refractivity contribution in [2.75, 3.05) is 18.5 Å². The van der Waals surface area contributed by atoms with Crippen molar-refractivity contribution < 1.29 is 9.53 Å². The lowest BCUT2D eigenvalue weighted by molar-refractivity contribution is 0.0520. The first-order valence-corrected chi connectivity index (χ1v) is 5.46. The van der Waals surface area contributed by atoms with Gasteiger partial charge in [-0.1, -0.05) is 0 Å². The van der Waals surface area contributed by atoms with E-state index in [1.54, 1.807) is 12.3 Å². The predicted octanol–water partition coefficient (Wildman–Crippen LogP) is 1.76. The third kappa shape index (κ3) is 3.60. The molecule has 0 spiro atoms. The van der Waals surface area contributed by atoms with Crippen LogP contribution in [0.5, 0.6) is 0 Å². The average molecular weight is 224 g/mol. The van der Waals surface area contributed by atoms with E-state index < -0.39 is 5.97 Å². The van der Waals surface area contributed by atoms with Crippen LogP contribution in [0.25, 0.3) is 0 Å². The topological polar surface area (TPSA) is 51.2 Å². The third-order valence-corrected chi connectivity index (χ3v) is 2.33. The molecule has 80 valence electrons. The monoisotopic (exact) mass is 224 g/mol. The number of carbonyl (C=O) groups is 1. The molecule has 4 nitrogen and oxygen atoms in total. The van der Waals surface area contributed by atoms with E-state index in [0.717, 1.165) is 0 Å². The van der Waals surface area contributed by atoms with Crippen molar-refractivity contribution in [1.29, 1.82) is 0 Å². The SMILES string of the molecule is C#CCCNc1nc(C(=O)OCC)cs1. The summed E-state index contributed by atoms with van der Waals surface area (Å²) in [6, 6.07) is 0. The number of terminal acetylenes is 1. The Hall–Kier alpha value is -1.54. The van der Waals surface area contributed by atoms with Crippen molar-refractivity contribution in [3.63, 3.8) is 0 Å². The van der Waals surface area contributed by atoms with Gasteiger partial charge in [0, 0.05) is 18.3 Å². The zero-order chi connectivity index (χ0) is 11.1. The molecule has 0 aliphatic heterocycles. The van der Waals surface area contributed by atoms with Crippen LogP contribution in [-0.4, -0.2) is 24.1 Å². The van der Waals surface area contributed by atoms with E-state index >= 15 is 0 Å². The van der Waals surface area contributed by atoms with Crippen LogP contribution in [0.4, 0.5) is 5.13 Å². The smallest absolute Gasteiger partial charge is 0.357 e. The minimum Gasteiger partial charge on any atom is -0.461 e. The van der Waals surface area contributed by atoms with Crippen LogP contribution >= 0.6 is 11.3 Å². The molecule has 15 heavy (non-hydrogen) atoms. The van der Waals surface area contributed by atoms with Crippen molar-refractivity contribution in [3.05, 3.63) is 11.1 Å². The summed E-state index contributed by atoms with van der Waals surface area (Å²) in [5.74, 6) is 2.12. The van der Waals surface area contributed by atoms with Gasteiger partial charge in [-0.15, -0.1) is 23.7 Å². The Morgan fingerprint density at radius 2 is 2.60 bits per heavy atom. The van der Waals surface area contributed by atoms with E-state index in [9.17, 15) is 4.79 Å². The van der Waals surface area contributed by atoms with Crippen LogP contribution in [0.3, 0.4) is 0 Å². The van der Waals surface area contributed by atoms with Crippen molar-refractivity contribution in [2.45, 2.75) is 13.3 Å². The molecule has 0 saturated carbocycles. The van der Waals surface area contributed by atoms with Gasteiger partial charge in [-0.2, -0.15) is 0 Å². The van der Waals surface area contributed by atoms with Crippen LogP contribution in [0, 0.1) is 12.3 Å². The normalized spacial score (nSPS) is 9.33. The number of hydrogen-bond acceptors (Lipinski definition) is 5. The fraction of sp³-hybridized carbons (Fsp3) is 0.400. The highest BCUT2D eigenvalue weighted by Gasteiger charge is 2.10. The second-order valence-corrected chi connectivity index (χ2v) is 3.50. The first-order chi connectivity index (χ1) is 7.27. The Labute approximate surface area is 92.7 Å². The molecule has 1 heterocycles. The molecule has 0 saturated heterocycles. The van der Waals surface area contributed by atoms with Crippen molar-refractivity contribution in [1.82, 2.24) is 4.98 Å². The van der Waals surface area contributed by atoms with Gasteiger partial charge in [0.1, 0.15) is 0 Å². The second kappa shape index (κ2) is 6.04. The maximum Gasteiger partial charge on any atom is 0.357 e. The second-order valence-electron chi connectivity index (χ2n) is 2.64. The fourth-order valence-electron chi connectivity index (χ4n) is 0.895. The zero-order valence-corrected chi connectivity index (χ0v) is 9.26.